The van der Waals surface area contributed by atoms with Crippen molar-refractivity contribution in [2.24, 2.45) is 0 Å². The molecule has 43 heavy (non-hydrogen) atoms. The number of fused-ring (bicyclic) bond motifs is 3. The minimum atomic E-state index is -0.896. The van der Waals surface area contributed by atoms with Gasteiger partial charge in [0.15, 0.2) is 5.82 Å². The van der Waals surface area contributed by atoms with Gasteiger partial charge in [0.05, 0.1) is 10.9 Å². The first-order valence-electron chi connectivity index (χ1n) is 15.0. The lowest BCUT2D eigenvalue weighted by Crippen LogP contribution is -2.43. The smallest absolute Gasteiger partial charge is 0.319 e. The fourth-order valence-corrected chi connectivity index (χ4v) is 8.04. The average Bonchev–Trinajstić information content (AvgIpc) is 3.37. The maximum absolute atomic E-state index is 16.7. The molecule has 3 aliphatic heterocycles. The molecule has 0 unspecified atom stereocenters. The molecular weight excluding hydrogens is 575 g/mol. The monoisotopic (exact) mass is 609 g/mol. The van der Waals surface area contributed by atoms with Crippen molar-refractivity contribution in [3.63, 3.8) is 0 Å². The Morgan fingerprint density at radius 1 is 1.12 bits per heavy atom. The van der Waals surface area contributed by atoms with E-state index in [0.717, 1.165) is 50.4 Å². The number of thioether (sulfide) groups is 1. The second-order valence-corrected chi connectivity index (χ2v) is 13.0. The number of benzene rings is 2. The highest BCUT2D eigenvalue weighted by Crippen LogP contribution is 2.42. The first-order chi connectivity index (χ1) is 20.9. The molecule has 0 spiro atoms. The molecule has 7 nitrogen and oxygen atoms in total. The third-order valence-corrected chi connectivity index (χ3v) is 10.2. The standard InChI is InChI=1S/C32H34F3N5O2S/c1-2-22-25(34)6-5-19-13-21(41)14-23(26(19)22)28-27(35)29-24(16-36-28)30(39-8-4-11-43-12-10-39)38-31(37-29)42-18-32-7-3-9-40(32)17-20(33)15-32/h5-6,13-14,16,20,41H,2-4,7-12,15,17-18H2,1H3/t20-,32+/m1/s1. The number of aromatic nitrogens is 3. The number of anilines is 1. The first-order valence-corrected chi connectivity index (χ1v) is 16.2. The molecule has 0 bridgehead atoms. The SMILES string of the molecule is CCc1c(F)ccc2cc(O)cc(-c3ncc4c(N5CCCSCC5)nc(OC[C@@]56CCCN5C[C@H](F)C6)nc4c3F)c12. The maximum Gasteiger partial charge on any atom is 0.319 e. The molecule has 2 aromatic heterocycles. The Morgan fingerprint density at radius 3 is 2.86 bits per heavy atom. The van der Waals surface area contributed by atoms with Crippen LogP contribution in [0.25, 0.3) is 32.9 Å². The van der Waals surface area contributed by atoms with Crippen molar-refractivity contribution in [1.82, 2.24) is 19.9 Å². The van der Waals surface area contributed by atoms with Crippen LogP contribution < -0.4 is 9.64 Å². The van der Waals surface area contributed by atoms with Crippen molar-refractivity contribution in [2.45, 2.75) is 50.7 Å². The summed E-state index contributed by atoms with van der Waals surface area (Å²) in [5, 5.41) is 12.1. The van der Waals surface area contributed by atoms with Crippen molar-refractivity contribution in [3.8, 4) is 23.0 Å². The van der Waals surface area contributed by atoms with Gasteiger partial charge in [-0.15, -0.1) is 0 Å². The Labute approximate surface area is 252 Å². The summed E-state index contributed by atoms with van der Waals surface area (Å²) in [5.74, 6) is 1.33. The average molecular weight is 610 g/mol. The van der Waals surface area contributed by atoms with Crippen LogP contribution in [0.15, 0.2) is 30.5 Å². The summed E-state index contributed by atoms with van der Waals surface area (Å²) in [4.78, 5) is 18.2. The van der Waals surface area contributed by atoms with Gasteiger partial charge in [-0.1, -0.05) is 13.0 Å². The minimum Gasteiger partial charge on any atom is -0.508 e. The van der Waals surface area contributed by atoms with E-state index in [0.29, 0.717) is 52.5 Å². The molecule has 2 atom stereocenters. The quantitative estimate of drug-likeness (QED) is 0.274. The Bertz CT molecular complexity index is 1700. The number of halogens is 3. The van der Waals surface area contributed by atoms with Crippen LogP contribution in [-0.2, 0) is 6.42 Å². The molecule has 0 aliphatic carbocycles. The van der Waals surface area contributed by atoms with E-state index in [4.69, 9.17) is 9.72 Å². The summed E-state index contributed by atoms with van der Waals surface area (Å²) in [5.41, 5.74) is 0.322. The lowest BCUT2D eigenvalue weighted by atomic mass is 9.94. The molecule has 7 rings (SSSR count). The summed E-state index contributed by atoms with van der Waals surface area (Å²) in [6.07, 6.45) is 4.22. The predicted molar refractivity (Wildman–Crippen MR) is 164 cm³/mol. The van der Waals surface area contributed by atoms with E-state index in [9.17, 15) is 13.9 Å². The lowest BCUT2D eigenvalue weighted by molar-refractivity contribution is 0.107. The molecule has 5 heterocycles. The molecule has 1 N–H and O–H groups in total. The normalized spacial score (nSPS) is 22.8. The summed E-state index contributed by atoms with van der Waals surface area (Å²) in [7, 11) is 0. The topological polar surface area (TPSA) is 74.6 Å². The third-order valence-electron chi connectivity index (χ3n) is 9.16. The Balaban J connectivity index is 1.37. The van der Waals surface area contributed by atoms with Gasteiger partial charge in [0.2, 0.25) is 0 Å². The highest BCUT2D eigenvalue weighted by Gasteiger charge is 2.49. The third kappa shape index (κ3) is 5.04. The van der Waals surface area contributed by atoms with Crippen molar-refractivity contribution >= 4 is 39.3 Å². The number of hydrogen-bond acceptors (Lipinski definition) is 8. The Hall–Kier alpha value is -3.31. The van der Waals surface area contributed by atoms with Crippen molar-refractivity contribution in [2.75, 3.05) is 49.2 Å². The second-order valence-electron chi connectivity index (χ2n) is 11.8. The van der Waals surface area contributed by atoms with Gasteiger partial charge in [0.25, 0.3) is 0 Å². The number of alkyl halides is 1. The van der Waals surface area contributed by atoms with E-state index < -0.39 is 23.3 Å². The van der Waals surface area contributed by atoms with E-state index in [1.165, 1.54) is 18.2 Å². The van der Waals surface area contributed by atoms with Gasteiger partial charge >= 0.3 is 6.01 Å². The first kappa shape index (κ1) is 28.5. The van der Waals surface area contributed by atoms with Crippen LogP contribution in [0.5, 0.6) is 11.8 Å². The molecule has 3 fully saturated rings. The van der Waals surface area contributed by atoms with Crippen LogP contribution >= 0.6 is 11.8 Å². The molecule has 0 radical (unpaired) electrons. The number of phenolic OH excluding ortho intramolecular Hbond substituents is 1. The zero-order chi connectivity index (χ0) is 29.7. The molecular formula is C32H34F3N5O2S. The molecule has 11 heteroatoms. The Kier molecular flexibility index (Phi) is 7.49. The number of aryl methyl sites for hydroxylation is 1. The number of rotatable bonds is 6. The number of pyridine rings is 1. The van der Waals surface area contributed by atoms with Crippen molar-refractivity contribution in [1.29, 1.82) is 0 Å². The van der Waals surface area contributed by atoms with Gasteiger partial charge in [0, 0.05) is 43.6 Å². The molecule has 3 saturated heterocycles. The second kappa shape index (κ2) is 11.3. The van der Waals surface area contributed by atoms with Gasteiger partial charge < -0.3 is 14.7 Å². The molecule has 226 valence electrons. The summed E-state index contributed by atoms with van der Waals surface area (Å²) in [6, 6.07) is 5.94. The van der Waals surface area contributed by atoms with Gasteiger partial charge in [-0.25, -0.2) is 13.2 Å². The molecule has 0 amide bonds. The number of hydrogen-bond donors (Lipinski definition) is 1. The van der Waals surface area contributed by atoms with E-state index in [1.807, 2.05) is 18.7 Å². The van der Waals surface area contributed by atoms with Gasteiger partial charge in [-0.2, -0.15) is 21.7 Å². The van der Waals surface area contributed by atoms with E-state index in [1.54, 1.807) is 12.3 Å². The fraction of sp³-hybridized carbons (Fsp3) is 0.469. The van der Waals surface area contributed by atoms with Crippen LogP contribution in [-0.4, -0.2) is 81.0 Å². The van der Waals surface area contributed by atoms with Crippen LogP contribution in [0.4, 0.5) is 19.0 Å². The van der Waals surface area contributed by atoms with Gasteiger partial charge in [0.1, 0.15) is 41.4 Å². The van der Waals surface area contributed by atoms with E-state index in [-0.39, 0.29) is 29.6 Å². The van der Waals surface area contributed by atoms with Crippen LogP contribution in [0.2, 0.25) is 0 Å². The van der Waals surface area contributed by atoms with Crippen molar-refractivity contribution in [3.05, 3.63) is 47.7 Å². The summed E-state index contributed by atoms with van der Waals surface area (Å²) in [6.45, 7) is 4.78. The van der Waals surface area contributed by atoms with Crippen LogP contribution in [0.3, 0.4) is 0 Å². The Morgan fingerprint density at radius 2 is 2.00 bits per heavy atom. The van der Waals surface area contributed by atoms with Crippen LogP contribution in [0, 0.1) is 11.6 Å². The summed E-state index contributed by atoms with van der Waals surface area (Å²) >= 11 is 1.87. The van der Waals surface area contributed by atoms with Crippen molar-refractivity contribution < 1.29 is 23.0 Å². The largest absolute Gasteiger partial charge is 0.508 e. The minimum absolute atomic E-state index is 0.0349. The number of aromatic hydroxyl groups is 1. The highest BCUT2D eigenvalue weighted by atomic mass is 32.2. The molecule has 2 aromatic carbocycles. The molecule has 4 aromatic rings. The van der Waals surface area contributed by atoms with E-state index >= 15 is 4.39 Å². The lowest BCUT2D eigenvalue weighted by Gasteiger charge is -2.31. The highest BCUT2D eigenvalue weighted by molar-refractivity contribution is 7.99. The van der Waals surface area contributed by atoms with Crippen LogP contribution in [0.1, 0.15) is 38.2 Å². The fourth-order valence-electron chi connectivity index (χ4n) is 7.15. The van der Waals surface area contributed by atoms with E-state index in [2.05, 4.69) is 19.8 Å². The summed E-state index contributed by atoms with van der Waals surface area (Å²) < 4.78 is 52.2. The zero-order valence-electron chi connectivity index (χ0n) is 24.1. The maximum atomic E-state index is 16.7. The van der Waals surface area contributed by atoms with Gasteiger partial charge in [-0.05, 0) is 72.5 Å². The van der Waals surface area contributed by atoms with Gasteiger partial charge in [-0.3, -0.25) is 9.88 Å². The number of nitrogens with zero attached hydrogens (tertiary/aromatic N) is 5. The number of phenols is 1. The molecule has 3 aliphatic rings. The zero-order valence-corrected chi connectivity index (χ0v) is 24.9. The predicted octanol–water partition coefficient (Wildman–Crippen LogP) is 6.29. The number of ether oxygens (including phenoxy) is 1. The molecule has 0 saturated carbocycles.